The molecule has 10 heteroatoms. The Bertz CT molecular complexity index is 1140. The lowest BCUT2D eigenvalue weighted by Crippen LogP contribution is -2.39. The molecule has 0 atom stereocenters. The van der Waals surface area contributed by atoms with Crippen molar-refractivity contribution in [3.8, 4) is 0 Å². The molecule has 154 valence electrons. The molecule has 0 saturated heterocycles. The Morgan fingerprint density at radius 2 is 2.13 bits per heavy atom. The number of anilines is 1. The quantitative estimate of drug-likeness (QED) is 0.595. The van der Waals surface area contributed by atoms with Gasteiger partial charge in [0, 0.05) is 43.0 Å². The predicted octanol–water partition coefficient (Wildman–Crippen LogP) is 1.11. The summed E-state index contributed by atoms with van der Waals surface area (Å²) in [5, 5.41) is 10.7. The molecule has 2 aromatic heterocycles. The summed E-state index contributed by atoms with van der Waals surface area (Å²) in [6.07, 6.45) is 4.23. The van der Waals surface area contributed by atoms with E-state index >= 15 is 0 Å². The molecule has 0 bridgehead atoms. The molecule has 0 unspecified atom stereocenters. The van der Waals surface area contributed by atoms with Crippen molar-refractivity contribution in [2.75, 3.05) is 25.5 Å². The van der Waals surface area contributed by atoms with E-state index in [4.69, 9.17) is 5.73 Å². The predicted molar refractivity (Wildman–Crippen MR) is 110 cm³/mol. The number of benzene rings is 1. The van der Waals surface area contributed by atoms with Gasteiger partial charge in [-0.25, -0.2) is 9.78 Å². The van der Waals surface area contributed by atoms with Crippen LogP contribution in [0.5, 0.6) is 0 Å². The number of nitrogens with zero attached hydrogens (tertiary/aromatic N) is 4. The molecule has 30 heavy (non-hydrogen) atoms. The highest BCUT2D eigenvalue weighted by molar-refractivity contribution is 5.98. The zero-order chi connectivity index (χ0) is 21.3. The molecule has 1 aliphatic heterocycles. The van der Waals surface area contributed by atoms with Crippen LogP contribution in [0.2, 0.25) is 0 Å². The number of rotatable bonds is 4. The van der Waals surface area contributed by atoms with E-state index in [1.165, 1.54) is 11.9 Å². The number of amides is 4. The van der Waals surface area contributed by atoms with Crippen LogP contribution in [0.3, 0.4) is 0 Å². The zero-order valence-electron chi connectivity index (χ0n) is 16.4. The number of likely N-dealkylation sites (N-methyl/N-ethyl adjacent to an activating group) is 1. The van der Waals surface area contributed by atoms with E-state index in [-0.39, 0.29) is 18.5 Å². The molecule has 4 amide bonds. The van der Waals surface area contributed by atoms with Crippen molar-refractivity contribution in [2.24, 2.45) is 5.73 Å². The number of carbonyl (C=O) groups is 3. The molecule has 10 nitrogen and oxygen atoms in total. The first-order chi connectivity index (χ1) is 14.4. The van der Waals surface area contributed by atoms with E-state index in [9.17, 15) is 14.4 Å². The Morgan fingerprint density at radius 3 is 2.93 bits per heavy atom. The fourth-order valence-corrected chi connectivity index (χ4v) is 3.59. The highest BCUT2D eigenvalue weighted by atomic mass is 16.2. The summed E-state index contributed by atoms with van der Waals surface area (Å²) < 4.78 is 0. The van der Waals surface area contributed by atoms with Gasteiger partial charge in [0.2, 0.25) is 5.91 Å². The fraction of sp³-hybridized carbons (Fsp3) is 0.250. The lowest BCUT2D eigenvalue weighted by atomic mass is 9.99. The number of carbonyl (C=O) groups excluding carboxylic acids is 3. The summed E-state index contributed by atoms with van der Waals surface area (Å²) in [4.78, 5) is 43.5. The van der Waals surface area contributed by atoms with Crippen molar-refractivity contribution in [1.29, 1.82) is 0 Å². The second kappa shape index (κ2) is 7.82. The molecular formula is C20H21N7O3. The van der Waals surface area contributed by atoms with Gasteiger partial charge in [0.1, 0.15) is 0 Å². The topological polar surface area (TPSA) is 137 Å². The van der Waals surface area contributed by atoms with Gasteiger partial charge in [-0.2, -0.15) is 5.10 Å². The highest BCUT2D eigenvalue weighted by Crippen LogP contribution is 2.25. The molecule has 3 heterocycles. The van der Waals surface area contributed by atoms with Crippen LogP contribution in [0, 0.1) is 0 Å². The third-order valence-electron chi connectivity index (χ3n) is 5.06. The van der Waals surface area contributed by atoms with Gasteiger partial charge in [-0.1, -0.05) is 6.07 Å². The van der Waals surface area contributed by atoms with Gasteiger partial charge in [-0.05, 0) is 35.7 Å². The standard InChI is InChI=1S/C20H21N7O3/c1-26(11-17(21)28)19(29)12-3-2-4-14(7-12)24-20(30)27-6-5-15-13(10-27)8-22-18-16(15)9-23-25-18/h2-4,7-9H,5-6,10-11H2,1H3,(H2,21,28)(H,24,30)(H,22,23,25). The van der Waals surface area contributed by atoms with Crippen molar-refractivity contribution in [1.82, 2.24) is 25.0 Å². The Hall–Kier alpha value is -3.95. The zero-order valence-corrected chi connectivity index (χ0v) is 16.4. The van der Waals surface area contributed by atoms with Crippen molar-refractivity contribution in [3.05, 3.63) is 53.3 Å². The Kier molecular flexibility index (Phi) is 5.05. The van der Waals surface area contributed by atoms with Crippen LogP contribution in [0.25, 0.3) is 11.0 Å². The summed E-state index contributed by atoms with van der Waals surface area (Å²) in [6.45, 7) is 0.818. The van der Waals surface area contributed by atoms with Crippen LogP contribution >= 0.6 is 0 Å². The molecule has 0 aliphatic carbocycles. The second-order valence-electron chi connectivity index (χ2n) is 7.20. The molecule has 0 spiro atoms. The van der Waals surface area contributed by atoms with Crippen LogP contribution in [-0.4, -0.2) is 63.0 Å². The molecule has 0 radical (unpaired) electrons. The normalized spacial score (nSPS) is 13.0. The molecule has 1 aliphatic rings. The first-order valence-electron chi connectivity index (χ1n) is 9.42. The number of primary amides is 1. The monoisotopic (exact) mass is 407 g/mol. The first-order valence-corrected chi connectivity index (χ1v) is 9.42. The number of H-pyrrole nitrogens is 1. The van der Waals surface area contributed by atoms with E-state index in [2.05, 4.69) is 20.5 Å². The maximum atomic E-state index is 12.8. The van der Waals surface area contributed by atoms with E-state index in [1.54, 1.807) is 41.6 Å². The molecule has 3 aromatic rings. The molecule has 4 rings (SSSR count). The number of hydrogen-bond donors (Lipinski definition) is 3. The first kappa shape index (κ1) is 19.4. The van der Waals surface area contributed by atoms with Gasteiger partial charge >= 0.3 is 6.03 Å². The fourth-order valence-electron chi connectivity index (χ4n) is 3.59. The largest absolute Gasteiger partial charge is 0.368 e. The minimum atomic E-state index is -0.595. The molecule has 0 fully saturated rings. The van der Waals surface area contributed by atoms with Gasteiger partial charge in [0.15, 0.2) is 5.65 Å². The number of hydrogen-bond acceptors (Lipinski definition) is 5. The summed E-state index contributed by atoms with van der Waals surface area (Å²) in [7, 11) is 1.49. The molecular weight excluding hydrogens is 386 g/mol. The molecule has 4 N–H and O–H groups in total. The second-order valence-corrected chi connectivity index (χ2v) is 7.20. The number of pyridine rings is 1. The smallest absolute Gasteiger partial charge is 0.322 e. The maximum absolute atomic E-state index is 12.8. The number of fused-ring (bicyclic) bond motifs is 3. The Morgan fingerprint density at radius 1 is 1.30 bits per heavy atom. The number of urea groups is 1. The van der Waals surface area contributed by atoms with Gasteiger partial charge < -0.3 is 20.9 Å². The number of nitrogens with one attached hydrogen (secondary N) is 2. The minimum Gasteiger partial charge on any atom is -0.368 e. The third kappa shape index (κ3) is 3.79. The van der Waals surface area contributed by atoms with Crippen molar-refractivity contribution >= 4 is 34.6 Å². The molecule has 1 aromatic carbocycles. The third-order valence-corrected chi connectivity index (χ3v) is 5.06. The Labute approximate surface area is 172 Å². The Balaban J connectivity index is 1.45. The maximum Gasteiger partial charge on any atom is 0.322 e. The van der Waals surface area contributed by atoms with Crippen LogP contribution in [-0.2, 0) is 17.8 Å². The summed E-state index contributed by atoms with van der Waals surface area (Å²) in [5.41, 5.74) is 8.88. The van der Waals surface area contributed by atoms with Crippen LogP contribution in [0.4, 0.5) is 10.5 Å². The van der Waals surface area contributed by atoms with Gasteiger partial charge in [-0.15, -0.1) is 0 Å². The average molecular weight is 407 g/mol. The molecule has 0 saturated carbocycles. The lowest BCUT2D eigenvalue weighted by Gasteiger charge is -2.29. The van der Waals surface area contributed by atoms with Crippen LogP contribution < -0.4 is 11.1 Å². The summed E-state index contributed by atoms with van der Waals surface area (Å²) in [6, 6.07) is 6.31. The van der Waals surface area contributed by atoms with Gasteiger partial charge in [-0.3, -0.25) is 14.7 Å². The van der Waals surface area contributed by atoms with E-state index in [0.29, 0.717) is 30.8 Å². The minimum absolute atomic E-state index is 0.180. The number of nitrogens with two attached hydrogens (primary N) is 1. The van der Waals surface area contributed by atoms with Crippen LogP contribution in [0.1, 0.15) is 21.5 Å². The summed E-state index contributed by atoms with van der Waals surface area (Å²) >= 11 is 0. The van der Waals surface area contributed by atoms with E-state index in [0.717, 1.165) is 22.2 Å². The SMILES string of the molecule is CN(CC(N)=O)C(=O)c1cccc(NC(=O)N2CCc3c(cnc4[nH]ncc34)C2)c1. The van der Waals surface area contributed by atoms with Crippen molar-refractivity contribution < 1.29 is 14.4 Å². The van der Waals surface area contributed by atoms with Crippen molar-refractivity contribution in [2.45, 2.75) is 13.0 Å². The average Bonchev–Trinajstić information content (AvgIpc) is 3.21. The van der Waals surface area contributed by atoms with E-state index in [1.807, 2.05) is 0 Å². The van der Waals surface area contributed by atoms with E-state index < -0.39 is 5.91 Å². The number of aromatic amines is 1. The number of aromatic nitrogens is 3. The van der Waals surface area contributed by atoms with Crippen LogP contribution in [0.15, 0.2) is 36.7 Å². The lowest BCUT2D eigenvalue weighted by molar-refractivity contribution is -0.118. The van der Waals surface area contributed by atoms with Gasteiger partial charge in [0.25, 0.3) is 5.91 Å². The van der Waals surface area contributed by atoms with Crippen molar-refractivity contribution in [3.63, 3.8) is 0 Å². The summed E-state index contributed by atoms with van der Waals surface area (Å²) in [5.74, 6) is -0.949. The highest BCUT2D eigenvalue weighted by Gasteiger charge is 2.23. The van der Waals surface area contributed by atoms with Gasteiger partial charge in [0.05, 0.1) is 12.7 Å².